The van der Waals surface area contributed by atoms with E-state index < -0.39 is 0 Å². The Morgan fingerprint density at radius 3 is 2.62 bits per heavy atom. The fraction of sp³-hybridized carbons (Fsp3) is 0.733. The van der Waals surface area contributed by atoms with Crippen LogP contribution in [0.1, 0.15) is 58.3 Å². The Balaban J connectivity index is 2.04. The molecule has 2 atom stereocenters. The monoisotopic (exact) mass is 249 g/mol. The molecule has 0 fully saturated rings. The quantitative estimate of drug-likeness (QED) is 0.590. The van der Waals surface area contributed by atoms with Crippen LogP contribution in [-0.4, -0.2) is 0 Å². The normalized spacial score (nSPS) is 34.0. The molecule has 0 spiro atoms. The van der Waals surface area contributed by atoms with Gasteiger partial charge in [0.25, 0.3) is 0 Å². The summed E-state index contributed by atoms with van der Waals surface area (Å²) in [5.41, 5.74) is 7.41. The summed E-state index contributed by atoms with van der Waals surface area (Å²) in [6.45, 7) is 2.39. The average molecular weight is 249 g/mol. The van der Waals surface area contributed by atoms with Crippen molar-refractivity contribution in [2.45, 2.75) is 62.5 Å². The van der Waals surface area contributed by atoms with Gasteiger partial charge in [0.05, 0.1) is 0 Å². The second-order valence-corrected chi connectivity index (χ2v) is 6.64. The predicted molar refractivity (Wildman–Crippen MR) is 63.9 cm³/mol. The van der Waals surface area contributed by atoms with E-state index in [0.29, 0.717) is 0 Å². The summed E-state index contributed by atoms with van der Waals surface area (Å²) in [5.74, 6) is 0.862. The van der Waals surface area contributed by atoms with Crippen LogP contribution in [0.15, 0.2) is 22.3 Å². The minimum absolute atomic E-state index is 0.862. The standard InChI is InChI=1S/C15H21.Ti/c1-2-11-12-7-3-5-9-14(12)15-10-6-4-8-13(11)15;/h7,11H,2-6,8-10H2,1H3;. The van der Waals surface area contributed by atoms with E-state index in [1.54, 1.807) is 0 Å². The molecule has 0 heterocycles. The zero-order valence-electron chi connectivity index (χ0n) is 10.3. The molecule has 0 radical (unpaired) electrons. The van der Waals surface area contributed by atoms with Crippen LogP contribution in [0.3, 0.4) is 0 Å². The zero-order valence-corrected chi connectivity index (χ0v) is 11.9. The van der Waals surface area contributed by atoms with Crippen molar-refractivity contribution in [1.29, 1.82) is 0 Å². The zero-order chi connectivity index (χ0) is 11.1. The van der Waals surface area contributed by atoms with Crippen LogP contribution in [-0.2, 0) is 20.4 Å². The van der Waals surface area contributed by atoms with E-state index in [4.69, 9.17) is 0 Å². The van der Waals surface area contributed by atoms with Crippen LogP contribution in [0.4, 0.5) is 0 Å². The van der Waals surface area contributed by atoms with E-state index in [1.807, 2.05) is 22.3 Å². The van der Waals surface area contributed by atoms with E-state index in [2.05, 4.69) is 27.4 Å². The topological polar surface area (TPSA) is 0 Å². The van der Waals surface area contributed by atoms with Gasteiger partial charge in [-0.1, -0.05) is 0 Å². The molecule has 3 aliphatic rings. The van der Waals surface area contributed by atoms with Gasteiger partial charge in [-0.15, -0.1) is 0 Å². The SMILES string of the molecule is CCC1C2=C(CCCC2)C2=C1[CH]([Ti])CCC2. The van der Waals surface area contributed by atoms with Crippen LogP contribution in [0.2, 0.25) is 4.22 Å². The van der Waals surface area contributed by atoms with Gasteiger partial charge in [0.1, 0.15) is 0 Å². The molecule has 0 aromatic carbocycles. The van der Waals surface area contributed by atoms with Gasteiger partial charge in [-0.3, -0.25) is 0 Å². The van der Waals surface area contributed by atoms with E-state index in [-0.39, 0.29) is 0 Å². The third-order valence-electron chi connectivity index (χ3n) is 4.72. The first-order valence-corrected chi connectivity index (χ1v) is 7.89. The second kappa shape index (κ2) is 4.46. The number of fused-ring (bicyclic) bond motifs is 1. The van der Waals surface area contributed by atoms with Crippen LogP contribution in [0.25, 0.3) is 0 Å². The molecule has 0 aromatic rings. The first-order chi connectivity index (χ1) is 7.83. The fourth-order valence-corrected chi connectivity index (χ4v) is 4.99. The van der Waals surface area contributed by atoms with Crippen molar-refractivity contribution < 1.29 is 20.4 Å². The maximum atomic E-state index is 2.47. The molecule has 0 saturated heterocycles. The Labute approximate surface area is 111 Å². The maximum absolute atomic E-state index is 2.47. The van der Waals surface area contributed by atoms with Crippen LogP contribution < -0.4 is 0 Å². The van der Waals surface area contributed by atoms with Gasteiger partial charge in [-0.2, -0.15) is 0 Å². The molecule has 3 aliphatic carbocycles. The summed E-state index contributed by atoms with van der Waals surface area (Å²) in [5, 5.41) is 0. The van der Waals surface area contributed by atoms with Gasteiger partial charge in [-0.05, 0) is 0 Å². The van der Waals surface area contributed by atoms with Crippen molar-refractivity contribution in [2.75, 3.05) is 0 Å². The molecule has 2 unspecified atom stereocenters. The molecule has 0 aliphatic heterocycles. The Hall–Kier alpha value is 0.194. The predicted octanol–water partition coefficient (Wildman–Crippen LogP) is 4.71. The van der Waals surface area contributed by atoms with E-state index in [1.165, 1.54) is 51.4 Å². The summed E-state index contributed by atoms with van der Waals surface area (Å²) < 4.78 is 0.874. The summed E-state index contributed by atoms with van der Waals surface area (Å²) in [6, 6.07) is 0. The molecule has 85 valence electrons. The molecule has 0 N–H and O–H groups in total. The van der Waals surface area contributed by atoms with E-state index in [9.17, 15) is 0 Å². The minimum atomic E-state index is 0.862. The van der Waals surface area contributed by atoms with Crippen LogP contribution >= 0.6 is 0 Å². The van der Waals surface area contributed by atoms with E-state index >= 15 is 0 Å². The third-order valence-corrected chi connectivity index (χ3v) is 5.66. The first kappa shape index (κ1) is 11.3. The van der Waals surface area contributed by atoms with Crippen LogP contribution in [0, 0.1) is 5.92 Å². The molecule has 0 saturated carbocycles. The van der Waals surface area contributed by atoms with Gasteiger partial charge < -0.3 is 0 Å². The summed E-state index contributed by atoms with van der Waals surface area (Å²) >= 11 is 2.47. The summed E-state index contributed by atoms with van der Waals surface area (Å²) in [6.07, 6.45) is 11.3. The van der Waals surface area contributed by atoms with Gasteiger partial charge in [0.15, 0.2) is 0 Å². The van der Waals surface area contributed by atoms with Crippen molar-refractivity contribution in [2.24, 2.45) is 5.92 Å². The summed E-state index contributed by atoms with van der Waals surface area (Å²) in [7, 11) is 0. The number of hydrogen-bond acceptors (Lipinski definition) is 0. The van der Waals surface area contributed by atoms with Gasteiger partial charge >= 0.3 is 111 Å². The Morgan fingerprint density at radius 2 is 1.81 bits per heavy atom. The Kier molecular flexibility index (Phi) is 3.15. The number of allylic oxidation sites excluding steroid dienone is 4. The number of hydrogen-bond donors (Lipinski definition) is 0. The molecule has 3 rings (SSSR count). The molecule has 0 amide bonds. The number of rotatable bonds is 1. The van der Waals surface area contributed by atoms with Gasteiger partial charge in [0, 0.05) is 0 Å². The van der Waals surface area contributed by atoms with Crippen molar-refractivity contribution in [3.8, 4) is 0 Å². The van der Waals surface area contributed by atoms with Crippen LogP contribution in [0.5, 0.6) is 0 Å². The third kappa shape index (κ3) is 1.61. The molecular formula is C15H21Ti. The molecule has 0 aromatic heterocycles. The molecule has 0 nitrogen and oxygen atoms in total. The molecular weight excluding hydrogens is 228 g/mol. The first-order valence-electron chi connectivity index (χ1n) is 6.99. The van der Waals surface area contributed by atoms with Crippen molar-refractivity contribution in [3.05, 3.63) is 22.3 Å². The van der Waals surface area contributed by atoms with Crippen molar-refractivity contribution in [1.82, 2.24) is 0 Å². The second-order valence-electron chi connectivity index (χ2n) is 5.55. The van der Waals surface area contributed by atoms with Gasteiger partial charge in [0.2, 0.25) is 0 Å². The Morgan fingerprint density at radius 1 is 1.06 bits per heavy atom. The Bertz CT molecular complexity index is 362. The average Bonchev–Trinajstić information content (AvgIpc) is 2.65. The van der Waals surface area contributed by atoms with Crippen molar-refractivity contribution in [3.63, 3.8) is 0 Å². The molecule has 16 heavy (non-hydrogen) atoms. The fourth-order valence-electron chi connectivity index (χ4n) is 4.08. The molecule has 0 bridgehead atoms. The van der Waals surface area contributed by atoms with E-state index in [0.717, 1.165) is 10.1 Å². The van der Waals surface area contributed by atoms with Gasteiger partial charge in [-0.25, -0.2) is 0 Å². The van der Waals surface area contributed by atoms with Crippen molar-refractivity contribution >= 4 is 0 Å². The summed E-state index contributed by atoms with van der Waals surface area (Å²) in [4.78, 5) is 0. The molecule has 1 heteroatoms.